The molecule has 4 aliphatic rings. The van der Waals surface area contributed by atoms with Crippen LogP contribution in [0.5, 0.6) is 5.75 Å². The molecule has 2 aliphatic carbocycles. The number of aryl methyl sites for hydroxylation is 2. The van der Waals surface area contributed by atoms with E-state index in [1.54, 1.807) is 37.9 Å². The van der Waals surface area contributed by atoms with E-state index < -0.39 is 59.0 Å². The summed E-state index contributed by atoms with van der Waals surface area (Å²) >= 11 is 0. The maximum atomic E-state index is 14.9. The number of nitrogens with one attached hydrogen (secondary N) is 7. The zero-order chi connectivity index (χ0) is 58.3. The monoisotopic (exact) mass is 1110 g/mol. The molecule has 2 aliphatic heterocycles. The summed E-state index contributed by atoms with van der Waals surface area (Å²) in [7, 11) is 1.67. The molecule has 0 unspecified atom stereocenters. The second-order valence-electron chi connectivity index (χ2n) is 24.7. The minimum atomic E-state index is -0.948. The first kappa shape index (κ1) is 60.0. The number of likely N-dealkylation sites (N-methyl/N-ethyl adjacent to an activating group) is 2. The van der Waals surface area contributed by atoms with Crippen LogP contribution >= 0.6 is 0 Å². The van der Waals surface area contributed by atoms with Crippen LogP contribution < -0.4 is 42.0 Å². The molecule has 0 bridgehead atoms. The van der Waals surface area contributed by atoms with Crippen molar-refractivity contribution in [1.29, 1.82) is 0 Å². The van der Waals surface area contributed by atoms with E-state index in [2.05, 4.69) is 55.4 Å². The van der Waals surface area contributed by atoms with Gasteiger partial charge in [0, 0.05) is 31.1 Å². The number of benzene rings is 4. The van der Waals surface area contributed by atoms with Gasteiger partial charge in [-0.1, -0.05) is 115 Å². The van der Waals surface area contributed by atoms with Gasteiger partial charge in [-0.2, -0.15) is 0 Å². The van der Waals surface area contributed by atoms with Crippen LogP contribution in [-0.2, 0) is 61.2 Å². The summed E-state index contributed by atoms with van der Waals surface area (Å²) in [6, 6.07) is 23.4. The zero-order valence-corrected chi connectivity index (χ0v) is 49.0. The van der Waals surface area contributed by atoms with E-state index in [0.29, 0.717) is 17.9 Å². The molecule has 81 heavy (non-hydrogen) atoms. The van der Waals surface area contributed by atoms with Crippen molar-refractivity contribution in [1.82, 2.24) is 47.0 Å². The maximum Gasteiger partial charge on any atom is 0.251 e. The van der Waals surface area contributed by atoms with Gasteiger partial charge in [-0.15, -0.1) is 0 Å². The Morgan fingerprint density at radius 2 is 1.17 bits per heavy atom. The first-order valence-electron chi connectivity index (χ1n) is 29.1. The molecule has 17 heteroatoms. The molecule has 9 atom stereocenters. The number of carbonyl (C=O) groups excluding carboxylic acids is 7. The summed E-state index contributed by atoms with van der Waals surface area (Å²) in [5.41, 5.74) is 6.09. The lowest BCUT2D eigenvalue weighted by Gasteiger charge is -2.42. The van der Waals surface area contributed by atoms with Gasteiger partial charge >= 0.3 is 0 Å². The van der Waals surface area contributed by atoms with Crippen molar-refractivity contribution in [3.63, 3.8) is 0 Å². The highest BCUT2D eigenvalue weighted by atomic mass is 16.5. The van der Waals surface area contributed by atoms with Gasteiger partial charge in [0.25, 0.3) is 5.91 Å². The standard InChI is InChI=1S/C64H85N9O8/c1-11-66-39(3)57(75)71-54(63(4,5)6)61(79)72-35-45-32-47(31-30-44(45)33-52(72)59(77)68-50-24-16-20-41-18-12-14-22-48(41)50)81-37-40-26-28-43(29-27-40)58(76)67-46-34-53(60(78)69-51-25-17-21-42-19-13-15-23-49(42)51)73(36-46)62(80)55(64(7,8)9)70-56(74)38(2)65-10/h12-15,18-19,22-23,26-32,38-39,46,50-55,65-66H,11,16-17,20-21,24-25,33-37H2,1-10H3,(H,67,76)(H,68,77)(H,69,78)(H,70,74)(H,71,75)/t38-,39-,46-,50+,51+,52-,53-,54+,55+/m0/s1. The third-order valence-corrected chi connectivity index (χ3v) is 16.6. The minimum absolute atomic E-state index is 0.0691. The summed E-state index contributed by atoms with van der Waals surface area (Å²) in [4.78, 5) is 102. The van der Waals surface area contributed by atoms with Crippen LogP contribution in [0, 0.1) is 10.8 Å². The third-order valence-electron chi connectivity index (χ3n) is 16.6. The fraction of sp³-hybridized carbons (Fsp3) is 0.516. The van der Waals surface area contributed by atoms with Crippen LogP contribution in [0.3, 0.4) is 0 Å². The highest BCUT2D eigenvalue weighted by Crippen LogP contribution is 2.35. The Morgan fingerprint density at radius 1 is 0.630 bits per heavy atom. The lowest BCUT2D eigenvalue weighted by atomic mass is 9.83. The fourth-order valence-electron chi connectivity index (χ4n) is 11.8. The molecule has 17 nitrogen and oxygen atoms in total. The summed E-state index contributed by atoms with van der Waals surface area (Å²) < 4.78 is 6.35. The Kier molecular flexibility index (Phi) is 19.1. The molecule has 0 aromatic heterocycles. The number of hydrogen-bond acceptors (Lipinski definition) is 10. The van der Waals surface area contributed by atoms with Gasteiger partial charge in [-0.3, -0.25) is 33.6 Å². The smallest absolute Gasteiger partial charge is 0.251 e. The molecule has 2 heterocycles. The van der Waals surface area contributed by atoms with Crippen LogP contribution in [0.15, 0.2) is 91.0 Å². The van der Waals surface area contributed by atoms with Gasteiger partial charge in [0.2, 0.25) is 35.4 Å². The minimum Gasteiger partial charge on any atom is -0.489 e. The molecule has 0 radical (unpaired) electrons. The Morgan fingerprint density at radius 3 is 1.73 bits per heavy atom. The van der Waals surface area contributed by atoms with Crippen LogP contribution in [0.1, 0.15) is 156 Å². The summed E-state index contributed by atoms with van der Waals surface area (Å²) in [6.45, 7) is 17.7. The highest BCUT2D eigenvalue weighted by molar-refractivity contribution is 5.97. The van der Waals surface area contributed by atoms with Crippen LogP contribution in [0.25, 0.3) is 0 Å². The van der Waals surface area contributed by atoms with Gasteiger partial charge < -0.3 is 51.8 Å². The lowest BCUT2D eigenvalue weighted by molar-refractivity contribution is -0.147. The van der Waals surface area contributed by atoms with Crippen molar-refractivity contribution in [3.05, 3.63) is 136 Å². The molecule has 0 saturated carbocycles. The molecule has 434 valence electrons. The molecule has 7 amide bonds. The number of ether oxygens (including phenoxy) is 1. The second-order valence-corrected chi connectivity index (χ2v) is 24.7. The Bertz CT molecular complexity index is 2950. The average Bonchev–Trinajstić information content (AvgIpc) is 4.14. The predicted molar refractivity (Wildman–Crippen MR) is 312 cm³/mol. The highest BCUT2D eigenvalue weighted by Gasteiger charge is 2.47. The number of fused-ring (bicyclic) bond motifs is 3. The maximum absolute atomic E-state index is 14.9. The van der Waals surface area contributed by atoms with E-state index in [9.17, 15) is 33.6 Å². The van der Waals surface area contributed by atoms with Crippen LogP contribution in [0.2, 0.25) is 0 Å². The van der Waals surface area contributed by atoms with E-state index in [-0.39, 0.29) is 80.1 Å². The lowest BCUT2D eigenvalue weighted by Crippen LogP contribution is -2.62. The first-order valence-corrected chi connectivity index (χ1v) is 29.1. The van der Waals surface area contributed by atoms with Crippen molar-refractivity contribution in [2.75, 3.05) is 20.1 Å². The van der Waals surface area contributed by atoms with Gasteiger partial charge in [-0.05, 0) is 146 Å². The molecule has 1 fully saturated rings. The van der Waals surface area contributed by atoms with E-state index >= 15 is 0 Å². The van der Waals surface area contributed by atoms with Gasteiger partial charge in [0.1, 0.15) is 36.5 Å². The second kappa shape index (κ2) is 25.8. The van der Waals surface area contributed by atoms with Crippen molar-refractivity contribution in [2.24, 2.45) is 10.8 Å². The van der Waals surface area contributed by atoms with E-state index in [1.165, 1.54) is 16.0 Å². The Hall–Kier alpha value is -7.11. The number of rotatable bonds is 18. The molecular weight excluding hydrogens is 1020 g/mol. The van der Waals surface area contributed by atoms with Crippen molar-refractivity contribution in [3.8, 4) is 5.75 Å². The van der Waals surface area contributed by atoms with Gasteiger partial charge in [-0.25, -0.2) is 0 Å². The molecule has 0 spiro atoms. The number of carbonyl (C=O) groups is 7. The molecule has 7 N–H and O–H groups in total. The quantitative estimate of drug-likeness (QED) is 0.0592. The summed E-state index contributed by atoms with van der Waals surface area (Å²) in [5.74, 6) is -1.74. The average molecular weight is 1110 g/mol. The Labute approximate surface area is 478 Å². The summed E-state index contributed by atoms with van der Waals surface area (Å²) in [6.07, 6.45) is 5.73. The number of nitrogens with zero attached hydrogens (tertiary/aromatic N) is 2. The Balaban J connectivity index is 0.957. The van der Waals surface area contributed by atoms with E-state index in [1.807, 2.05) is 109 Å². The third kappa shape index (κ3) is 14.3. The molecule has 4 aromatic rings. The molecule has 8 rings (SSSR count). The van der Waals surface area contributed by atoms with Crippen molar-refractivity contribution in [2.45, 2.75) is 181 Å². The first-order chi connectivity index (χ1) is 38.5. The van der Waals surface area contributed by atoms with Gasteiger partial charge in [0.15, 0.2) is 0 Å². The van der Waals surface area contributed by atoms with Crippen LogP contribution in [-0.4, -0.2) is 114 Å². The van der Waals surface area contributed by atoms with Crippen molar-refractivity contribution < 1.29 is 38.3 Å². The van der Waals surface area contributed by atoms with Crippen LogP contribution in [0.4, 0.5) is 0 Å². The molecule has 4 aromatic carbocycles. The number of likely N-dealkylation sites (tertiary alicyclic amines) is 1. The predicted octanol–water partition coefficient (Wildman–Crippen LogP) is 6.27. The van der Waals surface area contributed by atoms with Gasteiger partial charge in [0.05, 0.1) is 24.2 Å². The molecule has 1 saturated heterocycles. The largest absolute Gasteiger partial charge is 0.489 e. The number of amides is 7. The number of hydrogen-bond donors (Lipinski definition) is 7. The van der Waals surface area contributed by atoms with E-state index in [4.69, 9.17) is 4.74 Å². The normalized spacial score (nSPS) is 21.1. The van der Waals surface area contributed by atoms with E-state index in [0.717, 1.165) is 66.3 Å². The SMILES string of the molecule is CCN[C@@H](C)C(=O)N[C@H](C(=O)N1Cc2cc(OCc3ccc(C(=O)N[C@H]4C[C@@H](C(=O)N[C@@H]5CCCc6ccccc65)N(C(=O)[C@@H](NC(=O)[C@H](C)NC)C(C)(C)C)C4)cc3)ccc2C[C@H]1C(=O)N[C@@H]1CCCc2ccccc21)C(C)(C)C. The molecular formula is C64H85N9O8. The fourth-order valence-corrected chi connectivity index (χ4v) is 11.8. The topological polar surface area (TPSA) is 219 Å². The van der Waals surface area contributed by atoms with Crippen molar-refractivity contribution >= 4 is 41.4 Å². The summed E-state index contributed by atoms with van der Waals surface area (Å²) in [5, 5.41) is 21.7. The zero-order valence-electron chi connectivity index (χ0n) is 49.0.